The molecule has 3 rings (SSSR count). The molecule has 21 heavy (non-hydrogen) atoms. The normalized spacial score (nSPS) is 11.8. The van der Waals surface area contributed by atoms with Crippen LogP contribution in [0, 0.1) is 0 Å². The van der Waals surface area contributed by atoms with E-state index < -0.39 is 0 Å². The third-order valence-corrected chi connectivity index (χ3v) is 3.29. The van der Waals surface area contributed by atoms with Gasteiger partial charge in [0, 0.05) is 5.69 Å². The minimum Gasteiger partial charge on any atom is -0.368 e. The molecule has 0 bridgehead atoms. The lowest BCUT2D eigenvalue weighted by Crippen LogP contribution is -2.14. The molecule has 0 aliphatic heterocycles. The fourth-order valence-corrected chi connectivity index (χ4v) is 2.31. The van der Waals surface area contributed by atoms with Crippen LogP contribution in [0.15, 0.2) is 30.6 Å². The summed E-state index contributed by atoms with van der Waals surface area (Å²) >= 11 is 0. The second-order valence-electron chi connectivity index (χ2n) is 5.95. The molecule has 0 saturated carbocycles. The summed E-state index contributed by atoms with van der Waals surface area (Å²) in [5.41, 5.74) is 9.27. The number of rotatable bonds is 2. The van der Waals surface area contributed by atoms with Crippen molar-refractivity contribution in [2.45, 2.75) is 26.2 Å². The van der Waals surface area contributed by atoms with Gasteiger partial charge in [0.15, 0.2) is 11.5 Å². The van der Waals surface area contributed by atoms with E-state index in [1.165, 1.54) is 5.56 Å². The molecule has 108 valence electrons. The van der Waals surface area contributed by atoms with Gasteiger partial charge in [0.2, 0.25) is 5.95 Å². The zero-order chi connectivity index (χ0) is 15.0. The molecule has 6 heteroatoms. The van der Waals surface area contributed by atoms with Crippen molar-refractivity contribution in [3.63, 3.8) is 0 Å². The van der Waals surface area contributed by atoms with Crippen LogP contribution < -0.4 is 11.1 Å². The first-order chi connectivity index (χ1) is 9.95. The van der Waals surface area contributed by atoms with Crippen LogP contribution in [-0.2, 0) is 5.41 Å². The van der Waals surface area contributed by atoms with E-state index in [0.717, 1.165) is 11.2 Å². The number of nitrogens with two attached hydrogens (primary N) is 1. The quantitative estimate of drug-likeness (QED) is 0.672. The Kier molecular flexibility index (Phi) is 3.01. The number of nitrogens with zero attached hydrogens (tertiary/aromatic N) is 3. The SMILES string of the molecule is CC(C)(C)c1ccccc1Nc1nc(N)nc2nc[nH]c12. The molecule has 3 aromatic rings. The average Bonchev–Trinajstić information content (AvgIpc) is 2.86. The van der Waals surface area contributed by atoms with E-state index in [1.54, 1.807) is 6.33 Å². The van der Waals surface area contributed by atoms with E-state index >= 15 is 0 Å². The highest BCUT2D eigenvalue weighted by molar-refractivity contribution is 5.86. The summed E-state index contributed by atoms with van der Waals surface area (Å²) in [6.07, 6.45) is 1.58. The summed E-state index contributed by atoms with van der Waals surface area (Å²) in [5, 5.41) is 3.35. The van der Waals surface area contributed by atoms with Crippen LogP contribution in [0.3, 0.4) is 0 Å². The Morgan fingerprint density at radius 3 is 2.67 bits per heavy atom. The van der Waals surface area contributed by atoms with Crippen molar-refractivity contribution >= 4 is 28.6 Å². The van der Waals surface area contributed by atoms with Gasteiger partial charge in [0.1, 0.15) is 5.52 Å². The van der Waals surface area contributed by atoms with Crippen molar-refractivity contribution in [2.75, 3.05) is 11.1 Å². The third-order valence-electron chi connectivity index (χ3n) is 3.29. The zero-order valence-corrected chi connectivity index (χ0v) is 12.3. The number of nitrogen functional groups attached to an aromatic ring is 1. The van der Waals surface area contributed by atoms with Crippen molar-refractivity contribution in [3.8, 4) is 0 Å². The van der Waals surface area contributed by atoms with Gasteiger partial charge in [-0.2, -0.15) is 9.97 Å². The molecule has 0 amide bonds. The lowest BCUT2D eigenvalue weighted by Gasteiger charge is -2.23. The maximum Gasteiger partial charge on any atom is 0.224 e. The molecule has 0 saturated heterocycles. The van der Waals surface area contributed by atoms with Crippen LogP contribution in [0.2, 0.25) is 0 Å². The number of H-pyrrole nitrogens is 1. The highest BCUT2D eigenvalue weighted by atomic mass is 15.1. The van der Waals surface area contributed by atoms with Crippen LogP contribution >= 0.6 is 0 Å². The van der Waals surface area contributed by atoms with E-state index in [2.05, 4.69) is 52.1 Å². The van der Waals surface area contributed by atoms with E-state index in [-0.39, 0.29) is 11.4 Å². The maximum atomic E-state index is 5.75. The van der Waals surface area contributed by atoms with Gasteiger partial charge in [-0.05, 0) is 17.0 Å². The fraction of sp³-hybridized carbons (Fsp3) is 0.267. The summed E-state index contributed by atoms with van der Waals surface area (Å²) in [6, 6.07) is 8.16. The number of aromatic amines is 1. The molecule has 0 fully saturated rings. The summed E-state index contributed by atoms with van der Waals surface area (Å²) in [5.74, 6) is 0.831. The van der Waals surface area contributed by atoms with Crippen LogP contribution in [0.1, 0.15) is 26.3 Å². The monoisotopic (exact) mass is 282 g/mol. The molecule has 0 unspecified atom stereocenters. The summed E-state index contributed by atoms with van der Waals surface area (Å²) < 4.78 is 0. The summed E-state index contributed by atoms with van der Waals surface area (Å²) in [7, 11) is 0. The Labute approximate surface area is 122 Å². The van der Waals surface area contributed by atoms with Crippen molar-refractivity contribution < 1.29 is 0 Å². The fourth-order valence-electron chi connectivity index (χ4n) is 2.31. The lowest BCUT2D eigenvalue weighted by molar-refractivity contribution is 0.592. The van der Waals surface area contributed by atoms with Crippen LogP contribution in [0.25, 0.3) is 11.2 Å². The molecule has 0 aliphatic rings. The Morgan fingerprint density at radius 2 is 1.90 bits per heavy atom. The predicted octanol–water partition coefficient (Wildman–Crippen LogP) is 2.98. The molecular formula is C15H18N6. The largest absolute Gasteiger partial charge is 0.368 e. The molecule has 2 heterocycles. The highest BCUT2D eigenvalue weighted by Gasteiger charge is 2.18. The number of anilines is 3. The number of hydrogen-bond acceptors (Lipinski definition) is 5. The lowest BCUT2D eigenvalue weighted by atomic mass is 9.86. The van der Waals surface area contributed by atoms with Crippen molar-refractivity contribution in [3.05, 3.63) is 36.2 Å². The van der Waals surface area contributed by atoms with Gasteiger partial charge in [-0.1, -0.05) is 39.0 Å². The molecule has 6 nitrogen and oxygen atoms in total. The Morgan fingerprint density at radius 1 is 1.14 bits per heavy atom. The number of para-hydroxylation sites is 1. The van der Waals surface area contributed by atoms with Gasteiger partial charge >= 0.3 is 0 Å². The van der Waals surface area contributed by atoms with E-state index in [1.807, 2.05) is 18.2 Å². The Bertz CT molecular complexity index is 784. The third kappa shape index (κ3) is 2.52. The Balaban J connectivity index is 2.09. The number of fused-ring (bicyclic) bond motifs is 1. The van der Waals surface area contributed by atoms with Crippen LogP contribution in [0.5, 0.6) is 0 Å². The van der Waals surface area contributed by atoms with Crippen molar-refractivity contribution in [2.24, 2.45) is 0 Å². The standard InChI is InChI=1S/C15H18N6/c1-15(2,3)9-6-4-5-7-10(9)19-13-11-12(18-8-17-11)20-14(16)21-13/h4-8H,1-3H3,(H4,16,17,18,19,20,21). The number of aromatic nitrogens is 4. The minimum atomic E-state index is 0.0231. The second-order valence-corrected chi connectivity index (χ2v) is 5.95. The molecule has 0 atom stereocenters. The van der Waals surface area contributed by atoms with Crippen molar-refractivity contribution in [1.29, 1.82) is 0 Å². The van der Waals surface area contributed by atoms with Crippen molar-refractivity contribution in [1.82, 2.24) is 19.9 Å². The first-order valence-corrected chi connectivity index (χ1v) is 6.78. The van der Waals surface area contributed by atoms with Gasteiger partial charge in [-0.15, -0.1) is 0 Å². The van der Waals surface area contributed by atoms with Gasteiger partial charge in [-0.25, -0.2) is 4.98 Å². The van der Waals surface area contributed by atoms with Gasteiger partial charge < -0.3 is 16.0 Å². The summed E-state index contributed by atoms with van der Waals surface area (Å²) in [6.45, 7) is 6.52. The highest BCUT2D eigenvalue weighted by Crippen LogP contribution is 2.32. The molecule has 0 radical (unpaired) electrons. The molecule has 0 spiro atoms. The molecular weight excluding hydrogens is 264 g/mol. The smallest absolute Gasteiger partial charge is 0.224 e. The maximum absolute atomic E-state index is 5.75. The van der Waals surface area contributed by atoms with Crippen LogP contribution in [0.4, 0.5) is 17.5 Å². The molecule has 0 aliphatic carbocycles. The molecule has 1 aromatic carbocycles. The first kappa shape index (κ1) is 13.4. The van der Waals surface area contributed by atoms with E-state index in [0.29, 0.717) is 11.5 Å². The van der Waals surface area contributed by atoms with Gasteiger partial charge in [0.05, 0.1) is 6.33 Å². The predicted molar refractivity (Wildman–Crippen MR) is 84.5 cm³/mol. The Hall–Kier alpha value is -2.63. The number of nitrogens with one attached hydrogen (secondary N) is 2. The topological polar surface area (TPSA) is 92.5 Å². The number of imidazole rings is 1. The summed E-state index contributed by atoms with van der Waals surface area (Å²) in [4.78, 5) is 15.5. The van der Waals surface area contributed by atoms with E-state index in [4.69, 9.17) is 5.73 Å². The minimum absolute atomic E-state index is 0.0231. The van der Waals surface area contributed by atoms with Gasteiger partial charge in [0.25, 0.3) is 0 Å². The number of hydrogen-bond donors (Lipinski definition) is 3. The van der Waals surface area contributed by atoms with E-state index in [9.17, 15) is 0 Å². The van der Waals surface area contributed by atoms with Gasteiger partial charge in [-0.3, -0.25) is 0 Å². The first-order valence-electron chi connectivity index (χ1n) is 6.78. The average molecular weight is 282 g/mol. The van der Waals surface area contributed by atoms with Crippen LogP contribution in [-0.4, -0.2) is 19.9 Å². The molecule has 4 N–H and O–H groups in total. The molecule has 2 aromatic heterocycles. The zero-order valence-electron chi connectivity index (χ0n) is 12.3. The number of benzene rings is 1. The second kappa shape index (κ2) is 4.73.